The Bertz CT molecular complexity index is 613. The molecule has 102 valence electrons. The second-order valence-electron chi connectivity index (χ2n) is 5.39. The highest BCUT2D eigenvalue weighted by atomic mass is 79.9. The van der Waals surface area contributed by atoms with Gasteiger partial charge in [-0.1, -0.05) is 22.0 Å². The highest BCUT2D eigenvalue weighted by Gasteiger charge is 2.21. The van der Waals surface area contributed by atoms with Crippen molar-refractivity contribution in [3.63, 3.8) is 0 Å². The van der Waals surface area contributed by atoms with Crippen molar-refractivity contribution in [2.45, 2.75) is 19.4 Å². The first kappa shape index (κ1) is 14.1. The predicted octanol–water partition coefficient (Wildman–Crippen LogP) is 2.77. The lowest BCUT2D eigenvalue weighted by atomic mass is 10.1. The smallest absolute Gasteiger partial charge is 0.270 e. The fraction of sp³-hybridized carbons (Fsp3) is 0.357. The molecular weight excluding hydrogens is 308 g/mol. The summed E-state index contributed by atoms with van der Waals surface area (Å²) in [6, 6.07) is 7.64. The number of hydrogen-bond acceptors (Lipinski definition) is 2. The van der Waals surface area contributed by atoms with Crippen LogP contribution in [-0.4, -0.2) is 40.1 Å². The second kappa shape index (κ2) is 4.98. The summed E-state index contributed by atoms with van der Waals surface area (Å²) in [5, 5.41) is 10.7. The summed E-state index contributed by atoms with van der Waals surface area (Å²) in [7, 11) is 1.68. The maximum Gasteiger partial charge on any atom is 0.270 e. The van der Waals surface area contributed by atoms with Gasteiger partial charge in [0.15, 0.2) is 0 Å². The maximum atomic E-state index is 12.2. The number of benzene rings is 1. The number of nitrogens with one attached hydrogen (secondary N) is 1. The lowest BCUT2D eigenvalue weighted by Gasteiger charge is -2.25. The van der Waals surface area contributed by atoms with E-state index in [-0.39, 0.29) is 12.5 Å². The number of amides is 1. The molecule has 0 fully saturated rings. The molecule has 0 saturated heterocycles. The van der Waals surface area contributed by atoms with Crippen molar-refractivity contribution in [3.05, 3.63) is 34.4 Å². The molecule has 2 N–H and O–H groups in total. The van der Waals surface area contributed by atoms with Gasteiger partial charge in [-0.25, -0.2) is 0 Å². The van der Waals surface area contributed by atoms with Crippen LogP contribution in [0.4, 0.5) is 0 Å². The van der Waals surface area contributed by atoms with Gasteiger partial charge in [-0.3, -0.25) is 4.79 Å². The topological polar surface area (TPSA) is 56.3 Å². The van der Waals surface area contributed by atoms with Crippen LogP contribution in [0.3, 0.4) is 0 Å². The van der Waals surface area contributed by atoms with Gasteiger partial charge < -0.3 is 15.0 Å². The molecule has 0 bridgehead atoms. The first-order chi connectivity index (χ1) is 8.76. The van der Waals surface area contributed by atoms with E-state index in [4.69, 9.17) is 0 Å². The highest BCUT2D eigenvalue weighted by molar-refractivity contribution is 9.10. The molecule has 0 aliphatic carbocycles. The van der Waals surface area contributed by atoms with Crippen LogP contribution in [0, 0.1) is 0 Å². The number of aliphatic hydroxyl groups is 1. The van der Waals surface area contributed by atoms with Crippen LogP contribution in [-0.2, 0) is 0 Å². The fourth-order valence-corrected chi connectivity index (χ4v) is 2.43. The summed E-state index contributed by atoms with van der Waals surface area (Å²) in [6.45, 7) is 3.64. The van der Waals surface area contributed by atoms with E-state index in [1.807, 2.05) is 24.3 Å². The fourth-order valence-electron chi connectivity index (χ4n) is 2.07. The number of rotatable bonds is 3. The van der Waals surface area contributed by atoms with Crippen molar-refractivity contribution >= 4 is 32.7 Å². The van der Waals surface area contributed by atoms with Gasteiger partial charge in [-0.05, 0) is 32.0 Å². The normalized spacial score (nSPS) is 11.8. The van der Waals surface area contributed by atoms with Gasteiger partial charge in [0.25, 0.3) is 5.91 Å². The molecule has 5 heteroatoms. The Morgan fingerprint density at radius 1 is 1.42 bits per heavy atom. The molecule has 1 heterocycles. The van der Waals surface area contributed by atoms with Gasteiger partial charge in [0.1, 0.15) is 5.69 Å². The van der Waals surface area contributed by atoms with Gasteiger partial charge in [0, 0.05) is 29.0 Å². The van der Waals surface area contributed by atoms with Crippen molar-refractivity contribution in [2.75, 3.05) is 13.6 Å². The molecule has 0 atom stereocenters. The van der Waals surface area contributed by atoms with E-state index in [1.165, 1.54) is 4.90 Å². The minimum Gasteiger partial charge on any atom is -0.389 e. The van der Waals surface area contributed by atoms with Crippen LogP contribution in [0.1, 0.15) is 24.3 Å². The van der Waals surface area contributed by atoms with Crippen molar-refractivity contribution in [2.24, 2.45) is 0 Å². The monoisotopic (exact) mass is 324 g/mol. The average Bonchev–Trinajstić information content (AvgIpc) is 2.68. The summed E-state index contributed by atoms with van der Waals surface area (Å²) in [4.78, 5) is 16.9. The molecule has 2 aromatic rings. The number of hydrogen-bond donors (Lipinski definition) is 2. The van der Waals surface area contributed by atoms with Gasteiger partial charge >= 0.3 is 0 Å². The van der Waals surface area contributed by atoms with E-state index in [2.05, 4.69) is 20.9 Å². The van der Waals surface area contributed by atoms with Gasteiger partial charge in [0.05, 0.1) is 5.60 Å². The quantitative estimate of drug-likeness (QED) is 0.912. The predicted molar refractivity (Wildman–Crippen MR) is 79.3 cm³/mol. The Balaban J connectivity index is 2.26. The minimum atomic E-state index is -0.903. The Labute approximate surface area is 120 Å². The molecule has 1 aromatic heterocycles. The number of halogens is 1. The lowest BCUT2D eigenvalue weighted by molar-refractivity contribution is 0.0365. The maximum absolute atomic E-state index is 12.2. The van der Waals surface area contributed by atoms with Gasteiger partial charge in [0.2, 0.25) is 0 Å². The summed E-state index contributed by atoms with van der Waals surface area (Å²) >= 11 is 3.40. The molecule has 0 saturated carbocycles. The van der Waals surface area contributed by atoms with Crippen molar-refractivity contribution in [1.82, 2.24) is 9.88 Å². The molecule has 19 heavy (non-hydrogen) atoms. The minimum absolute atomic E-state index is 0.130. The molecule has 0 radical (unpaired) electrons. The summed E-state index contributed by atoms with van der Waals surface area (Å²) in [6.07, 6.45) is 0. The van der Waals surface area contributed by atoms with Crippen LogP contribution in [0.2, 0.25) is 0 Å². The zero-order valence-electron chi connectivity index (χ0n) is 11.2. The van der Waals surface area contributed by atoms with Crippen LogP contribution < -0.4 is 0 Å². The number of aromatic amines is 1. The Kier molecular flexibility index (Phi) is 3.69. The van der Waals surface area contributed by atoms with Gasteiger partial charge in [-0.15, -0.1) is 0 Å². The number of likely N-dealkylation sites (N-methyl/N-ethyl adjacent to an activating group) is 1. The number of carbonyl (C=O) groups excluding carboxylic acids is 1. The number of aromatic nitrogens is 1. The molecule has 2 rings (SSSR count). The number of H-pyrrole nitrogens is 1. The Hall–Kier alpha value is -1.33. The van der Waals surface area contributed by atoms with Crippen LogP contribution >= 0.6 is 15.9 Å². The zero-order valence-corrected chi connectivity index (χ0v) is 12.8. The largest absolute Gasteiger partial charge is 0.389 e. The van der Waals surface area contributed by atoms with Crippen LogP contribution in [0.25, 0.3) is 10.9 Å². The van der Waals surface area contributed by atoms with E-state index < -0.39 is 5.60 Å². The molecular formula is C14H17BrN2O2. The van der Waals surface area contributed by atoms with Crippen molar-refractivity contribution < 1.29 is 9.90 Å². The third kappa shape index (κ3) is 3.36. The van der Waals surface area contributed by atoms with E-state index in [9.17, 15) is 9.90 Å². The third-order valence-electron chi connectivity index (χ3n) is 2.79. The molecule has 0 aliphatic rings. The van der Waals surface area contributed by atoms with E-state index >= 15 is 0 Å². The second-order valence-corrected chi connectivity index (χ2v) is 6.30. The summed E-state index contributed by atoms with van der Waals surface area (Å²) in [5.41, 5.74) is 0.536. The van der Waals surface area contributed by atoms with Gasteiger partial charge in [-0.2, -0.15) is 0 Å². The Morgan fingerprint density at radius 2 is 2.11 bits per heavy atom. The van der Waals surface area contributed by atoms with E-state index in [0.717, 1.165) is 15.4 Å². The van der Waals surface area contributed by atoms with E-state index in [0.29, 0.717) is 5.69 Å². The molecule has 0 aliphatic heterocycles. The van der Waals surface area contributed by atoms with Crippen molar-refractivity contribution in [3.8, 4) is 0 Å². The number of fused-ring (bicyclic) bond motifs is 1. The zero-order chi connectivity index (χ0) is 14.2. The molecule has 1 amide bonds. The summed E-state index contributed by atoms with van der Waals surface area (Å²) < 4.78 is 0.964. The third-order valence-corrected chi connectivity index (χ3v) is 3.28. The number of carbonyl (C=O) groups is 1. The van der Waals surface area contributed by atoms with Crippen LogP contribution in [0.15, 0.2) is 28.7 Å². The molecule has 0 unspecified atom stereocenters. The first-order valence-electron chi connectivity index (χ1n) is 6.02. The van der Waals surface area contributed by atoms with Crippen molar-refractivity contribution in [1.29, 1.82) is 0 Å². The molecule has 4 nitrogen and oxygen atoms in total. The summed E-state index contributed by atoms with van der Waals surface area (Å²) in [5.74, 6) is -0.130. The lowest BCUT2D eigenvalue weighted by Crippen LogP contribution is -2.39. The standard InChI is InChI=1S/C14H17BrN2O2/c1-14(2,19)8-17(3)13(18)12-6-9-4-5-10(15)7-11(9)16-12/h4-7,16,19H,8H2,1-3H3. The van der Waals surface area contributed by atoms with Crippen LogP contribution in [0.5, 0.6) is 0 Å². The SMILES string of the molecule is CN(CC(C)(C)O)C(=O)c1cc2ccc(Br)cc2[nH]1. The Morgan fingerprint density at radius 3 is 2.74 bits per heavy atom. The average molecular weight is 325 g/mol. The highest BCUT2D eigenvalue weighted by Crippen LogP contribution is 2.21. The number of nitrogens with zero attached hydrogens (tertiary/aromatic N) is 1. The van der Waals surface area contributed by atoms with E-state index in [1.54, 1.807) is 20.9 Å². The molecule has 0 spiro atoms. The first-order valence-corrected chi connectivity index (χ1v) is 6.82. The molecule has 1 aromatic carbocycles.